The van der Waals surface area contributed by atoms with E-state index in [0.29, 0.717) is 0 Å². The molecule has 0 radical (unpaired) electrons. The molecule has 0 N–H and O–H groups in total. The predicted octanol–water partition coefficient (Wildman–Crippen LogP) is 2.51. The molecule has 4 nitrogen and oxygen atoms in total. The molecule has 0 spiro atoms. The third kappa shape index (κ3) is 2.98. The Kier molecular flexibility index (Phi) is 3.68. The van der Waals surface area contributed by atoms with Gasteiger partial charge in [0.25, 0.3) is 5.69 Å². The SMILES string of the molecule is N#CCC#Cc1ccc(Cl)cc1[N+](=O)[O-]. The van der Waals surface area contributed by atoms with Crippen LogP contribution in [0.1, 0.15) is 12.0 Å². The first-order chi connectivity index (χ1) is 7.15. The number of nitro benzene ring substituents is 1. The highest BCUT2D eigenvalue weighted by Crippen LogP contribution is 2.22. The quantitative estimate of drug-likeness (QED) is 0.415. The Morgan fingerprint density at radius 3 is 2.87 bits per heavy atom. The Labute approximate surface area is 91.2 Å². The third-order valence-electron chi connectivity index (χ3n) is 1.55. The van der Waals surface area contributed by atoms with E-state index in [9.17, 15) is 10.1 Å². The van der Waals surface area contributed by atoms with Gasteiger partial charge in [-0.2, -0.15) is 5.26 Å². The average Bonchev–Trinajstić information content (AvgIpc) is 2.20. The Balaban J connectivity index is 3.15. The van der Waals surface area contributed by atoms with Gasteiger partial charge in [-0.25, -0.2) is 0 Å². The number of rotatable bonds is 1. The van der Waals surface area contributed by atoms with Gasteiger partial charge < -0.3 is 0 Å². The van der Waals surface area contributed by atoms with Crippen molar-refractivity contribution in [3.8, 4) is 17.9 Å². The molecule has 0 amide bonds. The number of halogens is 1. The van der Waals surface area contributed by atoms with E-state index in [2.05, 4.69) is 11.8 Å². The number of benzene rings is 1. The third-order valence-corrected chi connectivity index (χ3v) is 1.78. The lowest BCUT2D eigenvalue weighted by atomic mass is 10.2. The minimum Gasteiger partial charge on any atom is -0.258 e. The van der Waals surface area contributed by atoms with Crippen molar-refractivity contribution in [1.82, 2.24) is 0 Å². The molecule has 0 aromatic heterocycles. The highest BCUT2D eigenvalue weighted by Gasteiger charge is 2.11. The molecule has 0 heterocycles. The Bertz CT molecular complexity index is 494. The molecular weight excluding hydrogens is 216 g/mol. The van der Waals surface area contributed by atoms with Crippen molar-refractivity contribution in [3.05, 3.63) is 38.9 Å². The van der Waals surface area contributed by atoms with Crippen molar-refractivity contribution in [2.24, 2.45) is 0 Å². The van der Waals surface area contributed by atoms with E-state index in [-0.39, 0.29) is 22.7 Å². The van der Waals surface area contributed by atoms with E-state index in [1.807, 2.05) is 6.07 Å². The molecule has 74 valence electrons. The van der Waals surface area contributed by atoms with Crippen molar-refractivity contribution in [1.29, 1.82) is 5.26 Å². The summed E-state index contributed by atoms with van der Waals surface area (Å²) in [6, 6.07) is 6.04. The van der Waals surface area contributed by atoms with Gasteiger partial charge in [0.2, 0.25) is 0 Å². The molecule has 0 fully saturated rings. The van der Waals surface area contributed by atoms with Crippen LogP contribution in [0.3, 0.4) is 0 Å². The van der Waals surface area contributed by atoms with Crippen molar-refractivity contribution < 1.29 is 4.92 Å². The molecule has 0 atom stereocenters. The number of nitriles is 1. The maximum Gasteiger partial charge on any atom is 0.286 e. The second-order valence-corrected chi connectivity index (χ2v) is 2.99. The molecule has 0 saturated carbocycles. The Hall–Kier alpha value is -2.04. The van der Waals surface area contributed by atoms with Crippen LogP contribution in [0.25, 0.3) is 0 Å². The summed E-state index contributed by atoms with van der Waals surface area (Å²) in [7, 11) is 0. The summed E-state index contributed by atoms with van der Waals surface area (Å²) >= 11 is 5.62. The lowest BCUT2D eigenvalue weighted by Crippen LogP contribution is -1.91. The molecule has 0 unspecified atom stereocenters. The van der Waals surface area contributed by atoms with Gasteiger partial charge in [-0.1, -0.05) is 23.4 Å². The number of hydrogen-bond donors (Lipinski definition) is 0. The molecule has 1 aromatic rings. The van der Waals surface area contributed by atoms with Gasteiger partial charge >= 0.3 is 0 Å². The molecule has 0 saturated heterocycles. The van der Waals surface area contributed by atoms with Crippen LogP contribution < -0.4 is 0 Å². The molecule has 1 aromatic carbocycles. The molecular formula is C10H5ClN2O2. The Morgan fingerprint density at radius 1 is 1.53 bits per heavy atom. The van der Waals surface area contributed by atoms with Gasteiger partial charge in [0.15, 0.2) is 0 Å². The fraction of sp³-hybridized carbons (Fsp3) is 0.100. The van der Waals surface area contributed by atoms with E-state index in [1.165, 1.54) is 18.2 Å². The second-order valence-electron chi connectivity index (χ2n) is 2.56. The van der Waals surface area contributed by atoms with E-state index in [0.717, 1.165) is 0 Å². The van der Waals surface area contributed by atoms with Gasteiger partial charge in [0, 0.05) is 11.1 Å². The summed E-state index contributed by atoms with van der Waals surface area (Å²) in [6.45, 7) is 0. The largest absolute Gasteiger partial charge is 0.286 e. The fourth-order valence-electron chi connectivity index (χ4n) is 0.940. The lowest BCUT2D eigenvalue weighted by Gasteiger charge is -1.95. The predicted molar refractivity (Wildman–Crippen MR) is 55.2 cm³/mol. The maximum atomic E-state index is 10.6. The first-order valence-corrected chi connectivity index (χ1v) is 4.32. The standard InChI is InChI=1S/C10H5ClN2O2/c11-9-5-4-8(3-1-2-6-12)10(7-9)13(14)15/h4-5,7H,2H2. The van der Waals surface area contributed by atoms with Crippen molar-refractivity contribution in [2.75, 3.05) is 0 Å². The topological polar surface area (TPSA) is 66.9 Å². The minimum atomic E-state index is -0.553. The summed E-state index contributed by atoms with van der Waals surface area (Å²) in [6.07, 6.45) is 0.0414. The first-order valence-electron chi connectivity index (χ1n) is 3.95. The lowest BCUT2D eigenvalue weighted by molar-refractivity contribution is -0.385. The van der Waals surface area contributed by atoms with Crippen LogP contribution in [0.2, 0.25) is 5.02 Å². The van der Waals surface area contributed by atoms with Crippen LogP contribution in [-0.2, 0) is 0 Å². The van der Waals surface area contributed by atoms with Crippen LogP contribution >= 0.6 is 11.6 Å². The number of nitro groups is 1. The van der Waals surface area contributed by atoms with Crippen molar-refractivity contribution in [2.45, 2.75) is 6.42 Å². The molecule has 0 aliphatic heterocycles. The summed E-state index contributed by atoms with van der Waals surface area (Å²) < 4.78 is 0. The van der Waals surface area contributed by atoms with Gasteiger partial charge in [0.1, 0.15) is 5.56 Å². The van der Waals surface area contributed by atoms with Gasteiger partial charge in [-0.05, 0) is 12.1 Å². The van der Waals surface area contributed by atoms with Gasteiger partial charge in [-0.3, -0.25) is 10.1 Å². The zero-order valence-corrected chi connectivity index (χ0v) is 8.28. The van der Waals surface area contributed by atoms with Crippen LogP contribution in [0.15, 0.2) is 18.2 Å². The van der Waals surface area contributed by atoms with Crippen LogP contribution in [0, 0.1) is 33.3 Å². The number of nitrogens with zero attached hydrogens (tertiary/aromatic N) is 2. The molecule has 0 aliphatic carbocycles. The van der Waals surface area contributed by atoms with Crippen molar-refractivity contribution in [3.63, 3.8) is 0 Å². The van der Waals surface area contributed by atoms with Crippen LogP contribution in [0.5, 0.6) is 0 Å². The first kappa shape index (κ1) is 11.0. The van der Waals surface area contributed by atoms with E-state index in [4.69, 9.17) is 16.9 Å². The summed E-state index contributed by atoms with van der Waals surface area (Å²) in [4.78, 5) is 10.1. The monoisotopic (exact) mass is 220 g/mol. The van der Waals surface area contributed by atoms with Gasteiger partial charge in [-0.15, -0.1) is 0 Å². The summed E-state index contributed by atoms with van der Waals surface area (Å²) in [5.74, 6) is 5.06. The van der Waals surface area contributed by atoms with Crippen LogP contribution in [0.4, 0.5) is 5.69 Å². The minimum absolute atomic E-state index is 0.0414. The van der Waals surface area contributed by atoms with Crippen molar-refractivity contribution >= 4 is 17.3 Å². The normalized spacial score (nSPS) is 8.53. The molecule has 0 aliphatic rings. The zero-order valence-electron chi connectivity index (χ0n) is 7.53. The van der Waals surface area contributed by atoms with E-state index in [1.54, 1.807) is 0 Å². The summed E-state index contributed by atoms with van der Waals surface area (Å²) in [5, 5.41) is 19.2. The molecule has 1 rings (SSSR count). The van der Waals surface area contributed by atoms with Crippen LogP contribution in [-0.4, -0.2) is 4.92 Å². The van der Waals surface area contributed by atoms with E-state index >= 15 is 0 Å². The Morgan fingerprint density at radius 2 is 2.27 bits per heavy atom. The smallest absolute Gasteiger partial charge is 0.258 e. The molecule has 5 heteroatoms. The van der Waals surface area contributed by atoms with Gasteiger partial charge in [0.05, 0.1) is 17.4 Å². The molecule has 0 bridgehead atoms. The number of hydrogen-bond acceptors (Lipinski definition) is 3. The average molecular weight is 221 g/mol. The second kappa shape index (κ2) is 4.99. The highest BCUT2D eigenvalue weighted by atomic mass is 35.5. The summed E-state index contributed by atoms with van der Waals surface area (Å²) in [5.41, 5.74) is 0.118. The maximum absolute atomic E-state index is 10.6. The zero-order chi connectivity index (χ0) is 11.3. The highest BCUT2D eigenvalue weighted by molar-refractivity contribution is 6.30. The molecule has 15 heavy (non-hydrogen) atoms. The van der Waals surface area contributed by atoms with E-state index < -0.39 is 4.92 Å². The fourth-order valence-corrected chi connectivity index (χ4v) is 1.11.